The zero-order valence-corrected chi connectivity index (χ0v) is 11.9. The number of carbonyl (C=O) groups excluding carboxylic acids is 2. The minimum absolute atomic E-state index is 0.0489. The highest BCUT2D eigenvalue weighted by atomic mass is 16.6. The van der Waals surface area contributed by atoms with Crippen molar-refractivity contribution in [2.45, 2.75) is 20.0 Å². The van der Waals surface area contributed by atoms with Crippen LogP contribution in [-0.4, -0.2) is 25.8 Å². The van der Waals surface area contributed by atoms with Gasteiger partial charge >= 0.3 is 6.09 Å². The largest absolute Gasteiger partial charge is 0.479 e. The molecular weight excluding hydrogens is 262 g/mol. The lowest BCUT2D eigenvalue weighted by molar-refractivity contribution is -0.126. The third-order valence-corrected chi connectivity index (χ3v) is 2.12. The molecule has 0 radical (unpaired) electrons. The Balaban J connectivity index is 0.00000172. The van der Waals surface area contributed by atoms with E-state index in [1.54, 1.807) is 24.3 Å². The third-order valence-electron chi connectivity index (χ3n) is 2.12. The van der Waals surface area contributed by atoms with Gasteiger partial charge in [-0.1, -0.05) is 26.0 Å². The summed E-state index contributed by atoms with van der Waals surface area (Å²) in [5, 5.41) is 2.24. The SMILES string of the molecule is CC.CNC(=O)OC(C(N)=O)c1ccc(OCN)cc1. The summed E-state index contributed by atoms with van der Waals surface area (Å²) >= 11 is 0. The lowest BCUT2D eigenvalue weighted by Crippen LogP contribution is -2.30. The quantitative estimate of drug-likeness (QED) is 0.694. The van der Waals surface area contributed by atoms with E-state index in [2.05, 4.69) is 5.32 Å². The smallest absolute Gasteiger partial charge is 0.408 e. The van der Waals surface area contributed by atoms with Crippen LogP contribution >= 0.6 is 0 Å². The van der Waals surface area contributed by atoms with Gasteiger partial charge in [0, 0.05) is 12.6 Å². The van der Waals surface area contributed by atoms with Gasteiger partial charge in [0.2, 0.25) is 6.10 Å². The number of alkyl carbamates (subject to hydrolysis) is 1. The monoisotopic (exact) mass is 283 g/mol. The number of primary amides is 1. The highest BCUT2D eigenvalue weighted by Gasteiger charge is 2.21. The second-order valence-electron chi connectivity index (χ2n) is 3.32. The summed E-state index contributed by atoms with van der Waals surface area (Å²) in [7, 11) is 1.39. The molecule has 1 unspecified atom stereocenters. The van der Waals surface area contributed by atoms with Gasteiger partial charge < -0.3 is 20.5 Å². The number of amides is 2. The van der Waals surface area contributed by atoms with Crippen LogP contribution in [0.5, 0.6) is 5.75 Å². The van der Waals surface area contributed by atoms with Gasteiger partial charge in [-0.25, -0.2) is 4.79 Å². The molecule has 2 amide bonds. The van der Waals surface area contributed by atoms with Crippen molar-refractivity contribution >= 4 is 12.0 Å². The zero-order valence-electron chi connectivity index (χ0n) is 11.9. The molecule has 0 saturated carbocycles. The van der Waals surface area contributed by atoms with Gasteiger partial charge in [0.1, 0.15) is 12.5 Å². The van der Waals surface area contributed by atoms with Crippen LogP contribution in [0.4, 0.5) is 4.79 Å². The highest BCUT2D eigenvalue weighted by molar-refractivity contribution is 5.83. The second-order valence-corrected chi connectivity index (χ2v) is 3.32. The minimum atomic E-state index is -1.14. The van der Waals surface area contributed by atoms with Gasteiger partial charge in [0.25, 0.3) is 5.91 Å². The van der Waals surface area contributed by atoms with Crippen molar-refractivity contribution in [1.82, 2.24) is 5.32 Å². The molecule has 1 aromatic rings. The third kappa shape index (κ3) is 5.57. The fourth-order valence-corrected chi connectivity index (χ4v) is 1.29. The van der Waals surface area contributed by atoms with Crippen molar-refractivity contribution in [2.24, 2.45) is 11.5 Å². The number of benzene rings is 1. The van der Waals surface area contributed by atoms with Crippen LogP contribution in [0.15, 0.2) is 24.3 Å². The number of rotatable bonds is 5. The van der Waals surface area contributed by atoms with Gasteiger partial charge in [-0.3, -0.25) is 10.5 Å². The van der Waals surface area contributed by atoms with Crippen LogP contribution in [0.1, 0.15) is 25.5 Å². The predicted octanol–water partition coefficient (Wildman–Crippen LogP) is 0.890. The number of nitrogens with one attached hydrogen (secondary N) is 1. The average Bonchev–Trinajstić information content (AvgIpc) is 2.47. The van der Waals surface area contributed by atoms with E-state index in [1.165, 1.54) is 7.05 Å². The molecule has 0 bridgehead atoms. The van der Waals surface area contributed by atoms with Gasteiger partial charge in [-0.2, -0.15) is 0 Å². The molecule has 1 rings (SSSR count). The van der Waals surface area contributed by atoms with Gasteiger partial charge in [-0.05, 0) is 12.1 Å². The molecule has 0 saturated heterocycles. The van der Waals surface area contributed by atoms with Crippen LogP contribution in [0.2, 0.25) is 0 Å². The Morgan fingerprint density at radius 1 is 1.25 bits per heavy atom. The van der Waals surface area contributed by atoms with E-state index < -0.39 is 18.1 Å². The van der Waals surface area contributed by atoms with Crippen LogP contribution in [0.3, 0.4) is 0 Å². The molecule has 1 aromatic carbocycles. The second kappa shape index (κ2) is 9.62. The standard InChI is InChI=1S/C11H15N3O4.C2H6/c1-14-11(16)18-9(10(13)15)7-2-4-8(5-3-7)17-6-12;1-2/h2-5,9H,6,12H2,1H3,(H2,13,15)(H,14,16);1-2H3. The lowest BCUT2D eigenvalue weighted by atomic mass is 10.1. The Kier molecular flexibility index (Phi) is 8.53. The molecule has 7 heteroatoms. The Bertz CT molecular complexity index is 420. The summed E-state index contributed by atoms with van der Waals surface area (Å²) in [5.41, 5.74) is 10.8. The molecule has 0 fully saturated rings. The van der Waals surface area contributed by atoms with Crippen molar-refractivity contribution in [3.63, 3.8) is 0 Å². The number of hydrogen-bond acceptors (Lipinski definition) is 5. The molecule has 112 valence electrons. The van der Waals surface area contributed by atoms with Crippen molar-refractivity contribution in [3.8, 4) is 5.75 Å². The lowest BCUT2D eigenvalue weighted by Gasteiger charge is -2.15. The van der Waals surface area contributed by atoms with E-state index in [-0.39, 0.29) is 6.73 Å². The molecule has 5 N–H and O–H groups in total. The number of ether oxygens (including phenoxy) is 2. The maximum atomic E-state index is 11.2. The van der Waals surface area contributed by atoms with Gasteiger partial charge in [-0.15, -0.1) is 0 Å². The number of carbonyl (C=O) groups is 2. The summed E-state index contributed by atoms with van der Waals surface area (Å²) in [6.45, 7) is 4.05. The van der Waals surface area contributed by atoms with E-state index in [4.69, 9.17) is 20.9 Å². The summed E-state index contributed by atoms with van der Waals surface area (Å²) in [6, 6.07) is 6.35. The van der Waals surface area contributed by atoms with E-state index in [1.807, 2.05) is 13.8 Å². The maximum absolute atomic E-state index is 11.2. The first-order chi connectivity index (χ1) is 9.58. The Hall–Kier alpha value is -2.28. The molecule has 0 aromatic heterocycles. The van der Waals surface area contributed by atoms with Crippen LogP contribution < -0.4 is 21.5 Å². The first kappa shape index (κ1) is 17.7. The van der Waals surface area contributed by atoms with Crippen molar-refractivity contribution in [1.29, 1.82) is 0 Å². The number of nitrogens with two attached hydrogens (primary N) is 2. The predicted molar refractivity (Wildman–Crippen MR) is 74.9 cm³/mol. The Labute approximate surface area is 118 Å². The molecule has 7 nitrogen and oxygen atoms in total. The molecule has 0 heterocycles. The molecule has 0 aliphatic heterocycles. The highest BCUT2D eigenvalue weighted by Crippen LogP contribution is 2.20. The fraction of sp³-hybridized carbons (Fsp3) is 0.385. The minimum Gasteiger partial charge on any atom is -0.479 e. The topological polar surface area (TPSA) is 117 Å². The molecule has 0 aliphatic rings. The summed E-state index contributed by atoms with van der Waals surface area (Å²) in [5.74, 6) is -0.212. The number of hydrogen-bond donors (Lipinski definition) is 3. The Morgan fingerprint density at radius 2 is 1.80 bits per heavy atom. The zero-order chi connectivity index (χ0) is 15.5. The normalized spacial score (nSPS) is 10.6. The van der Waals surface area contributed by atoms with Crippen molar-refractivity contribution < 1.29 is 19.1 Å². The first-order valence-electron chi connectivity index (χ1n) is 6.19. The molecule has 0 spiro atoms. The van der Waals surface area contributed by atoms with Gasteiger partial charge in [0.15, 0.2) is 0 Å². The van der Waals surface area contributed by atoms with E-state index in [9.17, 15) is 9.59 Å². The first-order valence-corrected chi connectivity index (χ1v) is 6.19. The maximum Gasteiger partial charge on any atom is 0.408 e. The molecule has 1 atom stereocenters. The van der Waals surface area contributed by atoms with Crippen molar-refractivity contribution in [2.75, 3.05) is 13.8 Å². The van der Waals surface area contributed by atoms with E-state index in [0.717, 1.165) is 0 Å². The van der Waals surface area contributed by atoms with Crippen LogP contribution in [0.25, 0.3) is 0 Å². The van der Waals surface area contributed by atoms with Gasteiger partial charge in [0.05, 0.1) is 0 Å². The summed E-state index contributed by atoms with van der Waals surface area (Å²) in [6.07, 6.45) is -1.88. The van der Waals surface area contributed by atoms with Crippen LogP contribution in [0, 0.1) is 0 Å². The molecular formula is C13H21N3O4. The molecule has 20 heavy (non-hydrogen) atoms. The molecule has 0 aliphatic carbocycles. The van der Waals surface area contributed by atoms with Crippen molar-refractivity contribution in [3.05, 3.63) is 29.8 Å². The van der Waals surface area contributed by atoms with Crippen LogP contribution in [-0.2, 0) is 9.53 Å². The summed E-state index contributed by atoms with van der Waals surface area (Å²) in [4.78, 5) is 22.3. The van der Waals surface area contributed by atoms with E-state index >= 15 is 0 Å². The van der Waals surface area contributed by atoms with E-state index in [0.29, 0.717) is 11.3 Å². The average molecular weight is 283 g/mol. The summed E-state index contributed by atoms with van der Waals surface area (Å²) < 4.78 is 9.90. The fourth-order valence-electron chi connectivity index (χ4n) is 1.29. The Morgan fingerprint density at radius 3 is 2.20 bits per heavy atom.